The summed E-state index contributed by atoms with van der Waals surface area (Å²) < 4.78 is 33.1. The zero-order valence-electron chi connectivity index (χ0n) is 49.3. The van der Waals surface area contributed by atoms with Gasteiger partial charge in [-0.2, -0.15) is 0 Å². The lowest BCUT2D eigenvalue weighted by Gasteiger charge is -2.19. The van der Waals surface area contributed by atoms with Crippen LogP contribution in [-0.4, -0.2) is 49.3 Å². The van der Waals surface area contributed by atoms with Gasteiger partial charge in [-0.15, -0.1) is 0 Å². The summed E-state index contributed by atoms with van der Waals surface area (Å²) in [6.07, 6.45) is 76.2. The summed E-state index contributed by atoms with van der Waals surface area (Å²) in [5.74, 6) is -0.808. The molecule has 0 fully saturated rings. The maximum Gasteiger partial charge on any atom is 0.472 e. The maximum absolute atomic E-state index is 12.7. The molecule has 0 aromatic rings. The van der Waals surface area contributed by atoms with Gasteiger partial charge in [0.05, 0.1) is 13.2 Å². The van der Waals surface area contributed by atoms with Crippen molar-refractivity contribution in [2.75, 3.05) is 26.4 Å². The van der Waals surface area contributed by atoms with Gasteiger partial charge in [0.1, 0.15) is 6.61 Å². The summed E-state index contributed by atoms with van der Waals surface area (Å²) >= 11 is 0. The number of hydrogen-bond acceptors (Lipinski definition) is 8. The van der Waals surface area contributed by atoms with E-state index in [4.69, 9.17) is 24.3 Å². The Morgan fingerprint density at radius 1 is 0.413 bits per heavy atom. The average Bonchev–Trinajstić information content (AvgIpc) is 3.40. The SMILES string of the molecule is CC/C=C\C/C=C\C/C=C\C/C=C\CCCCCCCCCCCCCCCCCCCCC(=O)OC(COC(=O)CCCCCCCCCCCCCCCCCCCCCCCCC)COP(=O)(O)OCCN. The first-order chi connectivity index (χ1) is 36.8. The van der Waals surface area contributed by atoms with Crippen LogP contribution in [-0.2, 0) is 32.7 Å². The molecule has 0 aromatic heterocycles. The molecular formula is C65H122NO8P. The fraction of sp³-hybridized carbons (Fsp3) is 0.846. The molecule has 440 valence electrons. The van der Waals surface area contributed by atoms with E-state index in [0.717, 1.165) is 57.8 Å². The van der Waals surface area contributed by atoms with E-state index in [1.807, 2.05) is 0 Å². The Bertz CT molecular complexity index is 1370. The first-order valence-electron chi connectivity index (χ1n) is 32.1. The van der Waals surface area contributed by atoms with Crippen molar-refractivity contribution in [1.29, 1.82) is 0 Å². The van der Waals surface area contributed by atoms with Gasteiger partial charge in [-0.3, -0.25) is 18.6 Å². The van der Waals surface area contributed by atoms with Crippen molar-refractivity contribution >= 4 is 19.8 Å². The van der Waals surface area contributed by atoms with E-state index >= 15 is 0 Å². The van der Waals surface area contributed by atoms with Gasteiger partial charge in [-0.1, -0.05) is 306 Å². The predicted octanol–water partition coefficient (Wildman–Crippen LogP) is 20.5. The molecule has 3 N–H and O–H groups in total. The second-order valence-electron chi connectivity index (χ2n) is 21.6. The number of allylic oxidation sites excluding steroid dienone is 8. The third-order valence-electron chi connectivity index (χ3n) is 14.2. The second-order valence-corrected chi connectivity index (χ2v) is 23.1. The van der Waals surface area contributed by atoms with Gasteiger partial charge in [0.2, 0.25) is 0 Å². The Morgan fingerprint density at radius 2 is 0.733 bits per heavy atom. The molecule has 0 aliphatic heterocycles. The highest BCUT2D eigenvalue weighted by Crippen LogP contribution is 2.43. The number of carbonyl (C=O) groups is 2. The normalized spacial score (nSPS) is 13.3. The van der Waals surface area contributed by atoms with Crippen LogP contribution in [0.4, 0.5) is 0 Å². The maximum atomic E-state index is 12.7. The molecule has 2 unspecified atom stereocenters. The largest absolute Gasteiger partial charge is 0.472 e. The third-order valence-corrected chi connectivity index (χ3v) is 15.2. The standard InChI is InChI=1S/C65H122NO8P/c1-3-5-7-9-11-13-15-17-19-21-23-25-27-28-29-30-31-32-33-34-36-38-40-42-44-46-48-50-52-54-56-58-65(68)74-63(62-73-75(69,70)72-60-59-66)61-71-64(67)57-55-53-51-49-47-45-43-41-39-37-35-26-24-22-20-18-16-14-12-10-8-6-4-2/h5,7,11,13,17,19,23,25,63H,3-4,6,8-10,12,14-16,18,20-22,24,26-62,66H2,1-2H3,(H,69,70)/b7-5-,13-11-,19-17-,25-23-. The lowest BCUT2D eigenvalue weighted by molar-refractivity contribution is -0.161. The van der Waals surface area contributed by atoms with Crippen LogP contribution in [0.1, 0.15) is 322 Å². The van der Waals surface area contributed by atoms with E-state index in [1.165, 1.54) is 231 Å². The number of esters is 2. The van der Waals surface area contributed by atoms with Crippen LogP contribution >= 0.6 is 7.82 Å². The highest BCUT2D eigenvalue weighted by molar-refractivity contribution is 7.47. The van der Waals surface area contributed by atoms with Crippen molar-refractivity contribution in [1.82, 2.24) is 0 Å². The van der Waals surface area contributed by atoms with Gasteiger partial charge in [0.15, 0.2) is 6.10 Å². The number of rotatable bonds is 61. The summed E-state index contributed by atoms with van der Waals surface area (Å²) in [5, 5.41) is 0. The van der Waals surface area contributed by atoms with Crippen LogP contribution in [0.2, 0.25) is 0 Å². The number of unbranched alkanes of at least 4 members (excludes halogenated alkanes) is 40. The molecule has 0 spiro atoms. The van der Waals surface area contributed by atoms with E-state index < -0.39 is 26.5 Å². The van der Waals surface area contributed by atoms with Crippen LogP contribution in [0.15, 0.2) is 48.6 Å². The van der Waals surface area contributed by atoms with Crippen molar-refractivity contribution < 1.29 is 37.6 Å². The van der Waals surface area contributed by atoms with Gasteiger partial charge in [0, 0.05) is 19.4 Å². The predicted molar refractivity (Wildman–Crippen MR) is 321 cm³/mol. The van der Waals surface area contributed by atoms with Gasteiger partial charge >= 0.3 is 19.8 Å². The lowest BCUT2D eigenvalue weighted by atomic mass is 10.0. The number of phosphoric acid groups is 1. The van der Waals surface area contributed by atoms with E-state index in [0.29, 0.717) is 6.42 Å². The van der Waals surface area contributed by atoms with Crippen LogP contribution in [0, 0.1) is 0 Å². The van der Waals surface area contributed by atoms with Crippen molar-refractivity contribution in [2.24, 2.45) is 5.73 Å². The van der Waals surface area contributed by atoms with Crippen LogP contribution in [0.5, 0.6) is 0 Å². The number of hydrogen-bond donors (Lipinski definition) is 2. The molecule has 0 aliphatic rings. The molecule has 2 atom stereocenters. The quantitative estimate of drug-likeness (QED) is 0.0264. The molecule has 0 bridgehead atoms. The molecule has 0 aliphatic carbocycles. The van der Waals surface area contributed by atoms with Crippen molar-refractivity contribution in [3.05, 3.63) is 48.6 Å². The Hall–Kier alpha value is -2.03. The minimum Gasteiger partial charge on any atom is -0.462 e. The van der Waals surface area contributed by atoms with Crippen molar-refractivity contribution in [3.8, 4) is 0 Å². The Labute approximate surface area is 464 Å². The fourth-order valence-corrected chi connectivity index (χ4v) is 10.3. The molecule has 9 nitrogen and oxygen atoms in total. The average molecular weight is 1080 g/mol. The molecule has 0 heterocycles. The van der Waals surface area contributed by atoms with E-state index in [1.54, 1.807) is 0 Å². The van der Waals surface area contributed by atoms with Crippen molar-refractivity contribution in [3.63, 3.8) is 0 Å². The smallest absolute Gasteiger partial charge is 0.462 e. The monoisotopic (exact) mass is 1080 g/mol. The summed E-state index contributed by atoms with van der Waals surface area (Å²) in [7, 11) is -4.39. The zero-order chi connectivity index (χ0) is 54.5. The molecule has 0 radical (unpaired) electrons. The van der Waals surface area contributed by atoms with Gasteiger partial charge in [-0.25, -0.2) is 4.57 Å². The van der Waals surface area contributed by atoms with E-state index in [-0.39, 0.29) is 38.6 Å². The Kier molecular flexibility index (Phi) is 59.5. The highest BCUT2D eigenvalue weighted by atomic mass is 31.2. The molecule has 0 saturated carbocycles. The minimum atomic E-state index is -4.39. The minimum absolute atomic E-state index is 0.0554. The van der Waals surface area contributed by atoms with E-state index in [9.17, 15) is 19.0 Å². The van der Waals surface area contributed by atoms with Crippen LogP contribution in [0.25, 0.3) is 0 Å². The first-order valence-corrected chi connectivity index (χ1v) is 33.6. The highest BCUT2D eigenvalue weighted by Gasteiger charge is 2.26. The molecule has 0 amide bonds. The summed E-state index contributed by atoms with van der Waals surface area (Å²) in [6.45, 7) is 3.70. The first kappa shape index (κ1) is 73.0. The number of carbonyl (C=O) groups excluding carboxylic acids is 2. The van der Waals surface area contributed by atoms with Crippen molar-refractivity contribution in [2.45, 2.75) is 328 Å². The number of phosphoric ester groups is 1. The molecular weight excluding hydrogens is 954 g/mol. The zero-order valence-corrected chi connectivity index (χ0v) is 50.2. The molecule has 10 heteroatoms. The Balaban J connectivity index is 3.87. The van der Waals surface area contributed by atoms with Gasteiger partial charge in [-0.05, 0) is 51.4 Å². The Morgan fingerprint density at radius 3 is 1.09 bits per heavy atom. The molecule has 0 rings (SSSR count). The number of ether oxygens (including phenoxy) is 2. The fourth-order valence-electron chi connectivity index (χ4n) is 9.51. The molecule has 75 heavy (non-hydrogen) atoms. The van der Waals surface area contributed by atoms with Gasteiger partial charge < -0.3 is 20.1 Å². The van der Waals surface area contributed by atoms with E-state index in [2.05, 4.69) is 62.5 Å². The van der Waals surface area contributed by atoms with Crippen LogP contribution in [0.3, 0.4) is 0 Å². The number of nitrogens with two attached hydrogens (primary N) is 1. The van der Waals surface area contributed by atoms with Crippen LogP contribution < -0.4 is 5.73 Å². The molecule has 0 saturated heterocycles. The second kappa shape index (κ2) is 61.2. The summed E-state index contributed by atoms with van der Waals surface area (Å²) in [4.78, 5) is 35.3. The topological polar surface area (TPSA) is 134 Å². The molecule has 0 aromatic carbocycles. The summed E-state index contributed by atoms with van der Waals surface area (Å²) in [6, 6.07) is 0. The third kappa shape index (κ3) is 61.1. The van der Waals surface area contributed by atoms with Gasteiger partial charge in [0.25, 0.3) is 0 Å². The summed E-state index contributed by atoms with van der Waals surface area (Å²) in [5.41, 5.74) is 5.39. The lowest BCUT2D eigenvalue weighted by Crippen LogP contribution is -2.29.